The zero-order valence-corrected chi connectivity index (χ0v) is 14.1. The van der Waals surface area contributed by atoms with Crippen LogP contribution in [-0.2, 0) is 24.4 Å². The van der Waals surface area contributed by atoms with Crippen molar-refractivity contribution in [3.8, 4) is 0 Å². The van der Waals surface area contributed by atoms with Crippen LogP contribution in [0, 0.1) is 5.92 Å². The van der Waals surface area contributed by atoms with Gasteiger partial charge < -0.3 is 14.6 Å². The third-order valence-electron chi connectivity index (χ3n) is 2.59. The minimum Gasteiger partial charge on any atom is -0.550 e. The summed E-state index contributed by atoms with van der Waals surface area (Å²) in [6.45, 7) is 3.75. The van der Waals surface area contributed by atoms with E-state index in [1.807, 2.05) is 13.8 Å². The van der Waals surface area contributed by atoms with Crippen LogP contribution in [0.5, 0.6) is 0 Å². The van der Waals surface area contributed by atoms with E-state index in [0.717, 1.165) is 12.8 Å². The SMILES string of the molecule is CCC(CC)COC(=O)C(CC(=O)[O-])S(=O)(=O)O.[Na+]. The van der Waals surface area contributed by atoms with Gasteiger partial charge in [0.15, 0.2) is 5.25 Å². The van der Waals surface area contributed by atoms with Crippen LogP contribution in [0.25, 0.3) is 0 Å². The minimum absolute atomic E-state index is 0. The van der Waals surface area contributed by atoms with Crippen LogP contribution in [0.1, 0.15) is 33.1 Å². The monoisotopic (exact) mass is 304 g/mol. The molecule has 106 valence electrons. The molecule has 0 heterocycles. The molecule has 1 N–H and O–H groups in total. The van der Waals surface area contributed by atoms with Crippen LogP contribution in [0.2, 0.25) is 0 Å². The molecule has 19 heavy (non-hydrogen) atoms. The van der Waals surface area contributed by atoms with Crippen molar-refractivity contribution in [1.29, 1.82) is 0 Å². The summed E-state index contributed by atoms with van der Waals surface area (Å²) in [4.78, 5) is 21.7. The fourth-order valence-corrected chi connectivity index (χ4v) is 1.94. The Balaban J connectivity index is 0. The first-order valence-corrected chi connectivity index (χ1v) is 7.05. The predicted octanol–water partition coefficient (Wildman–Crippen LogP) is -3.63. The third-order valence-corrected chi connectivity index (χ3v) is 3.67. The summed E-state index contributed by atoms with van der Waals surface area (Å²) in [5.41, 5.74) is 0. The average molecular weight is 304 g/mol. The number of esters is 1. The first-order chi connectivity index (χ1) is 8.22. The summed E-state index contributed by atoms with van der Waals surface area (Å²) in [5.74, 6) is -2.95. The molecule has 0 aliphatic carbocycles. The van der Waals surface area contributed by atoms with E-state index < -0.39 is 33.7 Å². The summed E-state index contributed by atoms with van der Waals surface area (Å²) >= 11 is 0. The predicted molar refractivity (Wildman–Crippen MR) is 60.0 cm³/mol. The molecule has 0 saturated carbocycles. The summed E-state index contributed by atoms with van der Waals surface area (Å²) in [6, 6.07) is 0. The van der Waals surface area contributed by atoms with Gasteiger partial charge in [-0.1, -0.05) is 26.7 Å². The maximum atomic E-state index is 11.4. The molecule has 7 nitrogen and oxygen atoms in total. The molecule has 0 aliphatic heterocycles. The number of carbonyl (C=O) groups excluding carboxylic acids is 2. The van der Waals surface area contributed by atoms with Crippen molar-refractivity contribution in [2.45, 2.75) is 38.4 Å². The fourth-order valence-electron chi connectivity index (χ4n) is 1.28. The topological polar surface area (TPSA) is 121 Å². The molecule has 0 saturated heterocycles. The van der Waals surface area contributed by atoms with E-state index in [1.165, 1.54) is 0 Å². The second-order valence-corrected chi connectivity index (χ2v) is 5.49. The Morgan fingerprint density at radius 2 is 1.74 bits per heavy atom. The molecule has 0 aliphatic rings. The van der Waals surface area contributed by atoms with Crippen LogP contribution >= 0.6 is 0 Å². The van der Waals surface area contributed by atoms with Gasteiger partial charge in [-0.2, -0.15) is 8.42 Å². The molecule has 1 unspecified atom stereocenters. The Hall–Kier alpha value is -0.150. The van der Waals surface area contributed by atoms with E-state index in [1.54, 1.807) is 0 Å². The zero-order chi connectivity index (χ0) is 14.3. The summed E-state index contributed by atoms with van der Waals surface area (Å²) in [5, 5.41) is 8.19. The van der Waals surface area contributed by atoms with Gasteiger partial charge in [0.2, 0.25) is 0 Å². The van der Waals surface area contributed by atoms with Crippen molar-refractivity contribution in [1.82, 2.24) is 0 Å². The van der Waals surface area contributed by atoms with Crippen molar-refractivity contribution >= 4 is 22.1 Å². The Labute approximate surface area is 134 Å². The largest absolute Gasteiger partial charge is 1.00 e. The van der Waals surface area contributed by atoms with Crippen LogP contribution < -0.4 is 34.7 Å². The van der Waals surface area contributed by atoms with Gasteiger partial charge in [0.25, 0.3) is 10.1 Å². The molecule has 0 spiro atoms. The second-order valence-electron chi connectivity index (χ2n) is 3.89. The number of carboxylic acid groups (broad SMARTS) is 1. The van der Waals surface area contributed by atoms with Crippen molar-refractivity contribution in [2.24, 2.45) is 5.92 Å². The van der Waals surface area contributed by atoms with Crippen LogP contribution in [0.4, 0.5) is 0 Å². The van der Waals surface area contributed by atoms with E-state index in [4.69, 9.17) is 9.29 Å². The summed E-state index contributed by atoms with van der Waals surface area (Å²) in [7, 11) is -4.82. The molecule has 9 heteroatoms. The molecule has 0 radical (unpaired) electrons. The fraction of sp³-hybridized carbons (Fsp3) is 0.800. The smallest absolute Gasteiger partial charge is 0.550 e. The number of aliphatic carboxylic acids is 1. The number of carboxylic acids is 1. The first kappa shape index (κ1) is 21.2. The molecule has 0 amide bonds. The first-order valence-electron chi connectivity index (χ1n) is 5.55. The molecule has 0 fully saturated rings. The van der Waals surface area contributed by atoms with Crippen LogP contribution in [0.3, 0.4) is 0 Å². The van der Waals surface area contributed by atoms with Gasteiger partial charge in [-0.3, -0.25) is 9.35 Å². The molecule has 0 rings (SSSR count). The molecule has 0 aromatic carbocycles. The Bertz CT molecular complexity index is 389. The maximum Gasteiger partial charge on any atom is 1.00 e. The van der Waals surface area contributed by atoms with Crippen molar-refractivity contribution in [3.63, 3.8) is 0 Å². The van der Waals surface area contributed by atoms with Gasteiger partial charge >= 0.3 is 35.5 Å². The summed E-state index contributed by atoms with van der Waals surface area (Å²) < 4.78 is 35.2. The average Bonchev–Trinajstić information content (AvgIpc) is 2.25. The van der Waals surface area contributed by atoms with Crippen LogP contribution in [0.15, 0.2) is 0 Å². The van der Waals surface area contributed by atoms with Gasteiger partial charge in [0.05, 0.1) is 6.61 Å². The van der Waals surface area contributed by atoms with Crippen LogP contribution in [-0.4, -0.2) is 36.8 Å². The van der Waals surface area contributed by atoms with Gasteiger partial charge in [-0.15, -0.1) is 0 Å². The van der Waals surface area contributed by atoms with Crippen molar-refractivity contribution in [3.05, 3.63) is 0 Å². The van der Waals surface area contributed by atoms with E-state index in [2.05, 4.69) is 0 Å². The molecule has 0 bridgehead atoms. The van der Waals surface area contributed by atoms with Gasteiger partial charge in [-0.25, -0.2) is 0 Å². The molecule has 1 atom stereocenters. The maximum absolute atomic E-state index is 11.4. The van der Waals surface area contributed by atoms with Crippen molar-refractivity contribution < 1.29 is 62.0 Å². The summed E-state index contributed by atoms with van der Waals surface area (Å²) in [6.07, 6.45) is 0.349. The Morgan fingerprint density at radius 3 is 2.05 bits per heavy atom. The normalized spacial score (nSPS) is 12.6. The van der Waals surface area contributed by atoms with E-state index >= 15 is 0 Å². The minimum atomic E-state index is -4.82. The number of hydrogen-bond acceptors (Lipinski definition) is 6. The van der Waals surface area contributed by atoms with E-state index in [0.29, 0.717) is 0 Å². The molecule has 0 aromatic rings. The Morgan fingerprint density at radius 1 is 1.26 bits per heavy atom. The number of ether oxygens (including phenoxy) is 1. The van der Waals surface area contributed by atoms with Gasteiger partial charge in [0.1, 0.15) is 0 Å². The zero-order valence-electron chi connectivity index (χ0n) is 11.3. The van der Waals surface area contributed by atoms with Gasteiger partial charge in [-0.05, 0) is 5.92 Å². The molecule has 0 aromatic heterocycles. The Kier molecular flexibility index (Phi) is 10.8. The number of hydrogen-bond donors (Lipinski definition) is 1. The molecular formula is C10H17NaO7S. The van der Waals surface area contributed by atoms with Gasteiger partial charge in [0, 0.05) is 12.4 Å². The number of rotatable bonds is 8. The van der Waals surface area contributed by atoms with E-state index in [9.17, 15) is 23.1 Å². The van der Waals surface area contributed by atoms with Crippen molar-refractivity contribution in [2.75, 3.05) is 6.61 Å². The number of carbonyl (C=O) groups is 2. The van der Waals surface area contributed by atoms with E-state index in [-0.39, 0.29) is 42.1 Å². The second kappa shape index (κ2) is 9.71. The quantitative estimate of drug-likeness (QED) is 0.279. The third kappa shape index (κ3) is 8.59. The molecular weight excluding hydrogens is 287 g/mol. The standard InChI is InChI=1S/C10H18O7S.Na/c1-3-7(4-2)6-17-10(13)8(5-9(11)12)18(14,15)16;/h7-8H,3-6H2,1-2H3,(H,11,12)(H,14,15,16);/q;+1/p-1.